The van der Waals surface area contributed by atoms with E-state index in [1.807, 2.05) is 0 Å². The highest BCUT2D eigenvalue weighted by Crippen LogP contribution is 2.22. The van der Waals surface area contributed by atoms with Crippen LogP contribution in [-0.2, 0) is 4.79 Å². The van der Waals surface area contributed by atoms with Crippen LogP contribution in [-0.4, -0.2) is 24.4 Å². The molecule has 2 aromatic carbocycles. The molecule has 1 atom stereocenters. The lowest BCUT2D eigenvalue weighted by Gasteiger charge is -2.17. The van der Waals surface area contributed by atoms with Crippen molar-refractivity contribution in [1.82, 2.24) is 5.32 Å². The summed E-state index contributed by atoms with van der Waals surface area (Å²) in [6, 6.07) is 13.5. The first-order valence-electron chi connectivity index (χ1n) is 8.41. The maximum atomic E-state index is 13.1. The Morgan fingerprint density at radius 2 is 1.85 bits per heavy atom. The number of anilines is 1. The fraction of sp³-hybridized carbons (Fsp3) is 0.150. The molecule has 4 rings (SSSR count). The van der Waals surface area contributed by atoms with E-state index in [0.717, 1.165) is 0 Å². The van der Waals surface area contributed by atoms with Crippen LogP contribution in [0.25, 0.3) is 11.0 Å². The lowest BCUT2D eigenvalue weighted by molar-refractivity contribution is -0.117. The van der Waals surface area contributed by atoms with E-state index in [-0.39, 0.29) is 24.4 Å². The van der Waals surface area contributed by atoms with Crippen LogP contribution >= 0.6 is 0 Å². The maximum Gasteiger partial charge on any atom is 0.349 e. The number of benzene rings is 2. The molecule has 136 valence electrons. The molecule has 2 amide bonds. The van der Waals surface area contributed by atoms with E-state index in [2.05, 4.69) is 5.32 Å². The molecule has 2 heterocycles. The summed E-state index contributed by atoms with van der Waals surface area (Å²) in [7, 11) is 0. The molecule has 1 saturated heterocycles. The molecule has 0 unspecified atom stereocenters. The van der Waals surface area contributed by atoms with Crippen molar-refractivity contribution in [3.63, 3.8) is 0 Å². The highest BCUT2D eigenvalue weighted by molar-refractivity contribution is 5.99. The van der Waals surface area contributed by atoms with Gasteiger partial charge in [-0.15, -0.1) is 0 Å². The minimum Gasteiger partial charge on any atom is -0.422 e. The number of carbonyl (C=O) groups excluding carboxylic acids is 2. The van der Waals surface area contributed by atoms with Crippen molar-refractivity contribution in [1.29, 1.82) is 0 Å². The van der Waals surface area contributed by atoms with Gasteiger partial charge in [-0.25, -0.2) is 9.18 Å². The van der Waals surface area contributed by atoms with Crippen LogP contribution in [0.5, 0.6) is 0 Å². The van der Waals surface area contributed by atoms with E-state index in [4.69, 9.17) is 4.42 Å². The summed E-state index contributed by atoms with van der Waals surface area (Å²) in [5.41, 5.74) is 0.119. The molecule has 1 aliphatic heterocycles. The number of rotatable bonds is 3. The highest BCUT2D eigenvalue weighted by Gasteiger charge is 2.32. The molecule has 1 aliphatic rings. The van der Waals surface area contributed by atoms with Crippen LogP contribution in [0.2, 0.25) is 0 Å². The molecule has 0 aliphatic carbocycles. The molecule has 1 N–H and O–H groups in total. The van der Waals surface area contributed by atoms with E-state index in [0.29, 0.717) is 16.7 Å². The lowest BCUT2D eigenvalue weighted by atomic mass is 10.1. The van der Waals surface area contributed by atoms with Crippen molar-refractivity contribution in [2.75, 3.05) is 11.4 Å². The Morgan fingerprint density at radius 1 is 1.11 bits per heavy atom. The number of carbonyl (C=O) groups is 2. The second kappa shape index (κ2) is 6.68. The number of amides is 2. The van der Waals surface area contributed by atoms with Gasteiger partial charge in [0.1, 0.15) is 17.0 Å². The number of nitrogens with one attached hydrogen (secondary N) is 1. The van der Waals surface area contributed by atoms with E-state index >= 15 is 0 Å². The first-order chi connectivity index (χ1) is 13.0. The van der Waals surface area contributed by atoms with Gasteiger partial charge in [0.05, 0.1) is 6.04 Å². The van der Waals surface area contributed by atoms with E-state index in [1.54, 1.807) is 24.3 Å². The number of halogens is 1. The molecular formula is C20H15FN2O4. The summed E-state index contributed by atoms with van der Waals surface area (Å²) in [5, 5.41) is 3.34. The van der Waals surface area contributed by atoms with Crippen molar-refractivity contribution in [3.05, 3.63) is 76.4 Å². The van der Waals surface area contributed by atoms with Gasteiger partial charge in [-0.05, 0) is 36.4 Å². The van der Waals surface area contributed by atoms with Gasteiger partial charge in [0.25, 0.3) is 5.91 Å². The third-order valence-corrected chi connectivity index (χ3v) is 4.48. The summed E-state index contributed by atoms with van der Waals surface area (Å²) < 4.78 is 18.2. The molecule has 0 radical (unpaired) electrons. The quantitative estimate of drug-likeness (QED) is 0.722. The standard InChI is InChI=1S/C20H15FN2O4/c21-13-5-7-15(8-6-13)23-11-14(10-18(23)24)22-19(25)16-9-12-3-1-2-4-17(12)27-20(16)26/h1-9,14H,10-11H2,(H,22,25)/t14-/m1/s1. The Kier molecular flexibility index (Phi) is 4.19. The van der Waals surface area contributed by atoms with Crippen LogP contribution in [0.15, 0.2) is 63.8 Å². The van der Waals surface area contributed by atoms with Gasteiger partial charge in [0.15, 0.2) is 0 Å². The van der Waals surface area contributed by atoms with Gasteiger partial charge in [-0.2, -0.15) is 0 Å². The zero-order valence-electron chi connectivity index (χ0n) is 14.1. The molecule has 0 bridgehead atoms. The zero-order valence-corrected chi connectivity index (χ0v) is 14.1. The van der Waals surface area contributed by atoms with Crippen molar-refractivity contribution in [2.24, 2.45) is 0 Å². The summed E-state index contributed by atoms with van der Waals surface area (Å²) in [6.07, 6.45) is 0.0992. The van der Waals surface area contributed by atoms with Gasteiger partial charge in [-0.1, -0.05) is 18.2 Å². The Balaban J connectivity index is 1.52. The van der Waals surface area contributed by atoms with Gasteiger partial charge < -0.3 is 14.6 Å². The number of para-hydroxylation sites is 1. The molecule has 6 nitrogen and oxygen atoms in total. The average molecular weight is 366 g/mol. The average Bonchev–Trinajstić information content (AvgIpc) is 3.01. The van der Waals surface area contributed by atoms with Crippen molar-refractivity contribution >= 4 is 28.5 Å². The third-order valence-electron chi connectivity index (χ3n) is 4.48. The smallest absolute Gasteiger partial charge is 0.349 e. The fourth-order valence-electron chi connectivity index (χ4n) is 3.16. The second-order valence-corrected chi connectivity index (χ2v) is 6.34. The SMILES string of the molecule is O=C(N[C@@H]1CC(=O)N(c2ccc(F)cc2)C1)c1cc2ccccc2oc1=O. The number of hydrogen-bond donors (Lipinski definition) is 1. The molecule has 0 saturated carbocycles. The predicted molar refractivity (Wildman–Crippen MR) is 97.1 cm³/mol. The van der Waals surface area contributed by atoms with Gasteiger partial charge in [-0.3, -0.25) is 9.59 Å². The monoisotopic (exact) mass is 366 g/mol. The number of nitrogens with zero attached hydrogens (tertiary/aromatic N) is 1. The predicted octanol–water partition coefficient (Wildman–Crippen LogP) is 2.47. The Bertz CT molecular complexity index is 1090. The Hall–Kier alpha value is -3.48. The van der Waals surface area contributed by atoms with Crippen LogP contribution in [0.3, 0.4) is 0 Å². The Morgan fingerprint density at radius 3 is 2.63 bits per heavy atom. The number of fused-ring (bicyclic) bond motifs is 1. The van der Waals surface area contributed by atoms with Crippen molar-refractivity contribution in [3.8, 4) is 0 Å². The van der Waals surface area contributed by atoms with E-state index < -0.39 is 23.4 Å². The minimum atomic E-state index is -0.731. The fourth-order valence-corrected chi connectivity index (χ4v) is 3.16. The van der Waals surface area contributed by atoms with Crippen LogP contribution in [0.4, 0.5) is 10.1 Å². The topological polar surface area (TPSA) is 79.6 Å². The molecule has 1 aromatic heterocycles. The van der Waals surface area contributed by atoms with Gasteiger partial charge >= 0.3 is 5.63 Å². The van der Waals surface area contributed by atoms with Crippen LogP contribution < -0.4 is 15.8 Å². The molecule has 1 fully saturated rings. The van der Waals surface area contributed by atoms with E-state index in [1.165, 1.54) is 35.2 Å². The second-order valence-electron chi connectivity index (χ2n) is 6.34. The van der Waals surface area contributed by atoms with Crippen LogP contribution in [0.1, 0.15) is 16.8 Å². The molecule has 0 spiro atoms. The lowest BCUT2D eigenvalue weighted by Crippen LogP contribution is -2.39. The number of hydrogen-bond acceptors (Lipinski definition) is 4. The molecule has 3 aromatic rings. The van der Waals surface area contributed by atoms with Gasteiger partial charge in [0, 0.05) is 24.0 Å². The minimum absolute atomic E-state index is 0.0992. The third kappa shape index (κ3) is 3.31. The molecule has 7 heteroatoms. The summed E-state index contributed by atoms with van der Waals surface area (Å²) in [4.78, 5) is 38.3. The Labute approximate surface area is 153 Å². The van der Waals surface area contributed by atoms with Crippen molar-refractivity contribution < 1.29 is 18.4 Å². The summed E-state index contributed by atoms with van der Waals surface area (Å²) in [5.74, 6) is -1.16. The van der Waals surface area contributed by atoms with Gasteiger partial charge in [0.2, 0.25) is 5.91 Å². The van der Waals surface area contributed by atoms with Crippen molar-refractivity contribution in [2.45, 2.75) is 12.5 Å². The van der Waals surface area contributed by atoms with E-state index in [9.17, 15) is 18.8 Å². The zero-order chi connectivity index (χ0) is 19.0. The first-order valence-corrected chi connectivity index (χ1v) is 8.41. The first kappa shape index (κ1) is 17.0. The maximum absolute atomic E-state index is 13.1. The molecule has 27 heavy (non-hydrogen) atoms. The van der Waals surface area contributed by atoms with Crippen LogP contribution in [0, 0.1) is 5.82 Å². The molecular weight excluding hydrogens is 351 g/mol. The normalized spacial score (nSPS) is 16.7. The largest absolute Gasteiger partial charge is 0.422 e. The highest BCUT2D eigenvalue weighted by atomic mass is 19.1. The summed E-state index contributed by atoms with van der Waals surface area (Å²) >= 11 is 0. The summed E-state index contributed by atoms with van der Waals surface area (Å²) in [6.45, 7) is 0.245.